The lowest BCUT2D eigenvalue weighted by Gasteiger charge is -2.50. The van der Waals surface area contributed by atoms with Crippen molar-refractivity contribution in [3.63, 3.8) is 0 Å². The fraction of sp³-hybridized carbons (Fsp3) is 0.647. The van der Waals surface area contributed by atoms with Crippen LogP contribution < -0.4 is 11.0 Å². The number of hydrogen-bond acceptors (Lipinski definition) is 4. The average molecular weight is 352 g/mol. The van der Waals surface area contributed by atoms with Crippen LogP contribution in [0.2, 0.25) is 0 Å². The first kappa shape index (κ1) is 17.5. The summed E-state index contributed by atoms with van der Waals surface area (Å²) in [5, 5.41) is 8.03. The molecule has 24 heavy (non-hydrogen) atoms. The van der Waals surface area contributed by atoms with Crippen molar-refractivity contribution in [1.29, 1.82) is 0 Å². The van der Waals surface area contributed by atoms with E-state index in [0.717, 1.165) is 31.8 Å². The van der Waals surface area contributed by atoms with Crippen molar-refractivity contribution >= 4 is 18.1 Å². The standard InChI is InChI=1S/C17H25N5O.ClH/c23-16-21-10-5-2-6-15(21)19-22(16)13-12-20-11-9-18-14-17(20)7-3-1-4-8-17;/h2,5-6,10,18H,1,3-4,7-9,11-14H2;1H. The van der Waals surface area contributed by atoms with Crippen molar-refractivity contribution < 1.29 is 0 Å². The molecule has 2 aromatic heterocycles. The van der Waals surface area contributed by atoms with Crippen LogP contribution in [0.5, 0.6) is 0 Å². The van der Waals surface area contributed by atoms with E-state index in [1.54, 1.807) is 15.3 Å². The van der Waals surface area contributed by atoms with Crippen LogP contribution in [0.1, 0.15) is 32.1 Å². The smallest absolute Gasteiger partial charge is 0.314 e. The highest BCUT2D eigenvalue weighted by molar-refractivity contribution is 5.85. The Balaban J connectivity index is 0.00000169. The summed E-state index contributed by atoms with van der Waals surface area (Å²) in [7, 11) is 0. The van der Waals surface area contributed by atoms with Crippen LogP contribution in [-0.4, -0.2) is 50.8 Å². The number of aromatic nitrogens is 3. The summed E-state index contributed by atoms with van der Waals surface area (Å²) in [6.07, 6.45) is 8.36. The lowest BCUT2D eigenvalue weighted by Crippen LogP contribution is -2.62. The number of halogens is 1. The lowest BCUT2D eigenvalue weighted by atomic mass is 9.79. The van der Waals surface area contributed by atoms with Gasteiger partial charge in [-0.2, -0.15) is 0 Å². The molecule has 0 amide bonds. The number of fused-ring (bicyclic) bond motifs is 1. The molecular formula is C17H26ClN5O. The topological polar surface area (TPSA) is 54.6 Å². The van der Waals surface area contributed by atoms with Crippen molar-refractivity contribution in [3.05, 3.63) is 34.9 Å². The maximum absolute atomic E-state index is 12.4. The zero-order valence-electron chi connectivity index (χ0n) is 14.0. The summed E-state index contributed by atoms with van der Waals surface area (Å²) in [6, 6.07) is 5.67. The zero-order valence-corrected chi connectivity index (χ0v) is 14.8. The number of hydrogen-bond donors (Lipinski definition) is 1. The molecule has 0 aromatic carbocycles. The highest BCUT2D eigenvalue weighted by Gasteiger charge is 2.39. The fourth-order valence-corrected chi connectivity index (χ4v) is 4.27. The molecule has 2 aliphatic rings. The van der Waals surface area contributed by atoms with E-state index in [0.29, 0.717) is 12.1 Å². The minimum atomic E-state index is -0.0339. The van der Waals surface area contributed by atoms with E-state index in [9.17, 15) is 4.79 Å². The van der Waals surface area contributed by atoms with E-state index < -0.39 is 0 Å². The van der Waals surface area contributed by atoms with E-state index in [4.69, 9.17) is 0 Å². The first-order valence-corrected chi connectivity index (χ1v) is 8.79. The molecule has 132 valence electrons. The van der Waals surface area contributed by atoms with Gasteiger partial charge < -0.3 is 5.32 Å². The molecule has 1 spiro atoms. The average Bonchev–Trinajstić information content (AvgIpc) is 2.92. The number of nitrogens with one attached hydrogen (secondary N) is 1. The largest absolute Gasteiger partial charge is 0.350 e. The second-order valence-electron chi connectivity index (χ2n) is 6.88. The molecule has 0 radical (unpaired) electrons. The first-order valence-electron chi connectivity index (χ1n) is 8.79. The summed E-state index contributed by atoms with van der Waals surface area (Å²) in [4.78, 5) is 15.0. The van der Waals surface area contributed by atoms with Gasteiger partial charge in [0.25, 0.3) is 0 Å². The Kier molecular flexibility index (Phi) is 5.27. The van der Waals surface area contributed by atoms with Gasteiger partial charge in [0.15, 0.2) is 5.65 Å². The van der Waals surface area contributed by atoms with E-state index in [1.165, 1.54) is 32.1 Å². The van der Waals surface area contributed by atoms with E-state index in [2.05, 4.69) is 15.3 Å². The second kappa shape index (κ2) is 7.25. The first-order chi connectivity index (χ1) is 11.3. The molecule has 1 aliphatic heterocycles. The molecule has 2 fully saturated rings. The quantitative estimate of drug-likeness (QED) is 0.911. The molecule has 0 atom stereocenters. The van der Waals surface area contributed by atoms with Crippen LogP contribution in [0, 0.1) is 0 Å². The highest BCUT2D eigenvalue weighted by Crippen LogP contribution is 2.34. The molecule has 1 saturated carbocycles. The van der Waals surface area contributed by atoms with E-state index >= 15 is 0 Å². The number of rotatable bonds is 3. The van der Waals surface area contributed by atoms with Crippen molar-refractivity contribution in [2.45, 2.75) is 44.2 Å². The molecule has 1 N–H and O–H groups in total. The van der Waals surface area contributed by atoms with Gasteiger partial charge in [-0.15, -0.1) is 17.5 Å². The predicted molar refractivity (Wildman–Crippen MR) is 97.0 cm³/mol. The van der Waals surface area contributed by atoms with Crippen LogP contribution in [0.15, 0.2) is 29.2 Å². The number of pyridine rings is 1. The minimum absolute atomic E-state index is 0. The van der Waals surface area contributed by atoms with Crippen LogP contribution in [0.4, 0.5) is 0 Å². The number of piperazine rings is 1. The molecule has 0 bridgehead atoms. The van der Waals surface area contributed by atoms with E-state index in [-0.39, 0.29) is 18.1 Å². The molecule has 1 saturated heterocycles. The van der Waals surface area contributed by atoms with Crippen molar-refractivity contribution in [1.82, 2.24) is 24.4 Å². The van der Waals surface area contributed by atoms with Gasteiger partial charge in [-0.1, -0.05) is 25.3 Å². The van der Waals surface area contributed by atoms with Gasteiger partial charge >= 0.3 is 5.69 Å². The summed E-state index contributed by atoms with van der Waals surface area (Å²) in [5.41, 5.74) is 0.998. The third-order valence-corrected chi connectivity index (χ3v) is 5.54. The Morgan fingerprint density at radius 3 is 2.79 bits per heavy atom. The summed E-state index contributed by atoms with van der Waals surface area (Å²) in [6.45, 7) is 4.78. The normalized spacial score (nSPS) is 21.0. The van der Waals surface area contributed by atoms with Gasteiger partial charge in [0.05, 0.1) is 6.54 Å². The second-order valence-corrected chi connectivity index (χ2v) is 6.88. The Morgan fingerprint density at radius 2 is 2.00 bits per heavy atom. The minimum Gasteiger partial charge on any atom is -0.314 e. The monoisotopic (exact) mass is 351 g/mol. The number of nitrogens with zero attached hydrogens (tertiary/aromatic N) is 4. The molecule has 2 aromatic rings. The zero-order chi connectivity index (χ0) is 15.7. The third kappa shape index (κ3) is 3.10. The van der Waals surface area contributed by atoms with Crippen LogP contribution in [0.25, 0.3) is 5.65 Å². The lowest BCUT2D eigenvalue weighted by molar-refractivity contribution is 0.0241. The van der Waals surface area contributed by atoms with Crippen LogP contribution >= 0.6 is 12.4 Å². The summed E-state index contributed by atoms with van der Waals surface area (Å²) < 4.78 is 3.24. The third-order valence-electron chi connectivity index (χ3n) is 5.54. The molecule has 6 nitrogen and oxygen atoms in total. The molecule has 3 heterocycles. The maximum Gasteiger partial charge on any atom is 0.350 e. The van der Waals surface area contributed by atoms with Crippen LogP contribution in [-0.2, 0) is 6.54 Å². The maximum atomic E-state index is 12.4. The summed E-state index contributed by atoms with van der Waals surface area (Å²) >= 11 is 0. The fourth-order valence-electron chi connectivity index (χ4n) is 4.27. The molecule has 1 aliphatic carbocycles. The van der Waals surface area contributed by atoms with Gasteiger partial charge in [-0.25, -0.2) is 9.48 Å². The van der Waals surface area contributed by atoms with Gasteiger partial charge in [-0.05, 0) is 25.0 Å². The molecule has 0 unspecified atom stereocenters. The Morgan fingerprint density at radius 1 is 1.17 bits per heavy atom. The Bertz CT molecular complexity index is 726. The highest BCUT2D eigenvalue weighted by atomic mass is 35.5. The van der Waals surface area contributed by atoms with Gasteiger partial charge in [0.1, 0.15) is 0 Å². The van der Waals surface area contributed by atoms with Crippen molar-refractivity contribution in [3.8, 4) is 0 Å². The van der Waals surface area contributed by atoms with Gasteiger partial charge in [0.2, 0.25) is 0 Å². The summed E-state index contributed by atoms with van der Waals surface area (Å²) in [5.74, 6) is 0. The Hall–Kier alpha value is -1.37. The molecule has 7 heteroatoms. The Labute approximate surface area is 148 Å². The van der Waals surface area contributed by atoms with E-state index in [1.807, 2.05) is 18.2 Å². The SMILES string of the molecule is Cl.O=c1n(CCN2CCNCC23CCCCC3)nc2ccccn12. The van der Waals surface area contributed by atoms with Crippen LogP contribution in [0.3, 0.4) is 0 Å². The molecule has 4 rings (SSSR count). The van der Waals surface area contributed by atoms with Gasteiger partial charge in [-0.3, -0.25) is 9.30 Å². The van der Waals surface area contributed by atoms with Crippen molar-refractivity contribution in [2.75, 3.05) is 26.2 Å². The van der Waals surface area contributed by atoms with Gasteiger partial charge in [0, 0.05) is 37.9 Å². The predicted octanol–water partition coefficient (Wildman–Crippen LogP) is 1.53. The van der Waals surface area contributed by atoms with Crippen molar-refractivity contribution in [2.24, 2.45) is 0 Å². The molecular weight excluding hydrogens is 326 g/mol.